The van der Waals surface area contributed by atoms with Gasteiger partial charge >= 0.3 is 0 Å². The van der Waals surface area contributed by atoms with Crippen LogP contribution < -0.4 is 10.5 Å². The molecule has 0 saturated heterocycles. The van der Waals surface area contributed by atoms with E-state index in [1.807, 2.05) is 12.3 Å². The van der Waals surface area contributed by atoms with Crippen LogP contribution in [0.1, 0.15) is 48.4 Å². The molecule has 3 N–H and O–H groups in total. The second-order valence-electron chi connectivity index (χ2n) is 6.46. The zero-order valence-corrected chi connectivity index (χ0v) is 13.8. The van der Waals surface area contributed by atoms with E-state index in [0.717, 1.165) is 21.7 Å². The molecule has 3 heterocycles. The monoisotopic (exact) mass is 314 g/mol. The van der Waals surface area contributed by atoms with Gasteiger partial charge in [0.15, 0.2) is 0 Å². The number of H-pyrrole nitrogens is 1. The molecule has 1 atom stereocenters. The molecule has 22 heavy (non-hydrogen) atoms. The Kier molecular flexibility index (Phi) is 3.26. The first-order valence-corrected chi connectivity index (χ1v) is 7.93. The molecule has 3 rings (SSSR count). The van der Waals surface area contributed by atoms with Crippen LogP contribution in [0.3, 0.4) is 0 Å². The van der Waals surface area contributed by atoms with Crippen LogP contribution in [0, 0.1) is 18.3 Å². The van der Waals surface area contributed by atoms with Crippen molar-refractivity contribution < 1.29 is 4.74 Å². The number of nitrogens with two attached hydrogens (primary N) is 1. The molecule has 2 aromatic rings. The molecule has 1 aliphatic rings. The summed E-state index contributed by atoms with van der Waals surface area (Å²) < 4.78 is 5.58. The highest BCUT2D eigenvalue weighted by molar-refractivity contribution is 7.10. The molecule has 0 radical (unpaired) electrons. The molecule has 1 aliphatic heterocycles. The summed E-state index contributed by atoms with van der Waals surface area (Å²) >= 11 is 1.63. The highest BCUT2D eigenvalue weighted by Gasteiger charge is 2.38. The second kappa shape index (κ2) is 4.89. The average molecular weight is 314 g/mol. The number of nitrogens with one attached hydrogen (secondary N) is 1. The van der Waals surface area contributed by atoms with Crippen molar-refractivity contribution in [3.05, 3.63) is 44.6 Å². The molecular weight excluding hydrogens is 296 g/mol. The first-order chi connectivity index (χ1) is 10.3. The van der Waals surface area contributed by atoms with E-state index in [-0.39, 0.29) is 17.2 Å². The highest BCUT2D eigenvalue weighted by atomic mass is 32.1. The number of aromatic nitrogens is 2. The number of aryl methyl sites for hydroxylation is 1. The molecule has 0 aromatic carbocycles. The van der Waals surface area contributed by atoms with Gasteiger partial charge in [0, 0.05) is 16.0 Å². The Balaban J connectivity index is 2.30. The van der Waals surface area contributed by atoms with Crippen molar-refractivity contribution in [3.63, 3.8) is 0 Å². The Morgan fingerprint density at radius 3 is 2.73 bits per heavy atom. The molecule has 0 saturated carbocycles. The van der Waals surface area contributed by atoms with Crippen LogP contribution >= 0.6 is 11.3 Å². The molecule has 0 spiro atoms. The Morgan fingerprint density at radius 1 is 1.45 bits per heavy atom. The van der Waals surface area contributed by atoms with Gasteiger partial charge in [-0.2, -0.15) is 5.26 Å². The maximum absolute atomic E-state index is 9.58. The third-order valence-electron chi connectivity index (χ3n) is 3.85. The Hall–Kier alpha value is -2.26. The lowest BCUT2D eigenvalue weighted by Gasteiger charge is -2.27. The number of allylic oxidation sites excluding steroid dienone is 1. The third-order valence-corrected chi connectivity index (χ3v) is 4.94. The summed E-state index contributed by atoms with van der Waals surface area (Å²) in [6.07, 6.45) is 0. The summed E-state index contributed by atoms with van der Waals surface area (Å²) in [5.74, 6) is 0.390. The van der Waals surface area contributed by atoms with Gasteiger partial charge in [-0.15, -0.1) is 16.4 Å². The topological polar surface area (TPSA) is 87.7 Å². The minimum Gasteiger partial charge on any atom is -0.420 e. The van der Waals surface area contributed by atoms with Crippen LogP contribution in [0.2, 0.25) is 0 Å². The lowest BCUT2D eigenvalue weighted by Crippen LogP contribution is -2.23. The molecule has 0 amide bonds. The summed E-state index contributed by atoms with van der Waals surface area (Å²) in [5, 5.41) is 19.0. The van der Waals surface area contributed by atoms with Gasteiger partial charge in [0.25, 0.3) is 0 Å². The van der Waals surface area contributed by atoms with Crippen molar-refractivity contribution in [3.8, 4) is 11.9 Å². The summed E-state index contributed by atoms with van der Waals surface area (Å²) in [7, 11) is 0. The van der Waals surface area contributed by atoms with Gasteiger partial charge in [-0.25, -0.2) is 0 Å². The summed E-state index contributed by atoms with van der Waals surface area (Å²) in [5.41, 5.74) is 9.30. The van der Waals surface area contributed by atoms with Gasteiger partial charge in [-0.1, -0.05) is 20.8 Å². The van der Waals surface area contributed by atoms with E-state index in [0.29, 0.717) is 11.5 Å². The standard InChI is InChI=1S/C16H18N4OS/c1-8-5-6-22-12(8)10-9(7-17)14(18)21-15-11(10)13(19-20-15)16(2,3)4/h5-6,10H,18H2,1-4H3,(H,19,20). The number of nitriles is 1. The lowest BCUT2D eigenvalue weighted by atomic mass is 9.80. The van der Waals surface area contributed by atoms with Crippen LogP contribution in [-0.2, 0) is 5.41 Å². The second-order valence-corrected chi connectivity index (χ2v) is 7.41. The largest absolute Gasteiger partial charge is 0.420 e. The fraction of sp³-hybridized carbons (Fsp3) is 0.375. The van der Waals surface area contributed by atoms with Crippen molar-refractivity contribution >= 4 is 11.3 Å². The van der Waals surface area contributed by atoms with E-state index in [2.05, 4.69) is 43.1 Å². The van der Waals surface area contributed by atoms with E-state index >= 15 is 0 Å². The predicted octanol–water partition coefficient (Wildman–Crippen LogP) is 3.30. The molecule has 2 aromatic heterocycles. The number of hydrogen-bond acceptors (Lipinski definition) is 5. The van der Waals surface area contributed by atoms with Crippen molar-refractivity contribution in [1.82, 2.24) is 10.2 Å². The van der Waals surface area contributed by atoms with E-state index in [4.69, 9.17) is 10.5 Å². The SMILES string of the molecule is Cc1ccsc1C1C(C#N)=C(N)Oc2n[nH]c(C(C)(C)C)c21. The van der Waals surface area contributed by atoms with E-state index in [1.165, 1.54) is 0 Å². The molecule has 6 heteroatoms. The molecule has 1 unspecified atom stereocenters. The Morgan fingerprint density at radius 2 is 2.18 bits per heavy atom. The first kappa shape index (κ1) is 14.7. The summed E-state index contributed by atoms with van der Waals surface area (Å²) in [4.78, 5) is 1.11. The Labute approximate surface area is 133 Å². The number of rotatable bonds is 1. The van der Waals surface area contributed by atoms with Crippen LogP contribution in [0.25, 0.3) is 0 Å². The maximum atomic E-state index is 9.58. The number of fused-ring (bicyclic) bond motifs is 1. The average Bonchev–Trinajstić information content (AvgIpc) is 3.02. The Bertz CT molecular complexity index is 801. The zero-order chi connectivity index (χ0) is 16.1. The number of hydrogen-bond donors (Lipinski definition) is 2. The minimum absolute atomic E-state index is 0.139. The lowest BCUT2D eigenvalue weighted by molar-refractivity contribution is 0.378. The quantitative estimate of drug-likeness (QED) is 0.845. The van der Waals surface area contributed by atoms with Gasteiger partial charge in [0.2, 0.25) is 11.8 Å². The maximum Gasteiger partial charge on any atom is 0.244 e. The van der Waals surface area contributed by atoms with Gasteiger partial charge in [0.05, 0.1) is 11.5 Å². The first-order valence-electron chi connectivity index (χ1n) is 7.05. The summed E-state index contributed by atoms with van der Waals surface area (Å²) in [6, 6.07) is 4.28. The van der Waals surface area contributed by atoms with E-state index in [9.17, 15) is 5.26 Å². The normalized spacial score (nSPS) is 17.9. The van der Waals surface area contributed by atoms with Crippen LogP contribution in [0.15, 0.2) is 22.9 Å². The number of nitrogens with zero attached hydrogens (tertiary/aromatic N) is 2. The fourth-order valence-electron chi connectivity index (χ4n) is 2.76. The predicted molar refractivity (Wildman–Crippen MR) is 85.6 cm³/mol. The number of ether oxygens (including phenoxy) is 1. The van der Waals surface area contributed by atoms with Gasteiger partial charge in [0.1, 0.15) is 11.6 Å². The van der Waals surface area contributed by atoms with E-state index in [1.54, 1.807) is 11.3 Å². The van der Waals surface area contributed by atoms with Crippen molar-refractivity contribution in [2.24, 2.45) is 5.73 Å². The van der Waals surface area contributed by atoms with Crippen LogP contribution in [0.5, 0.6) is 5.88 Å². The van der Waals surface area contributed by atoms with Gasteiger partial charge in [-0.3, -0.25) is 5.10 Å². The molecule has 0 aliphatic carbocycles. The zero-order valence-electron chi connectivity index (χ0n) is 13.0. The van der Waals surface area contributed by atoms with Crippen LogP contribution in [0.4, 0.5) is 0 Å². The highest BCUT2D eigenvalue weighted by Crippen LogP contribution is 2.47. The fourth-order valence-corrected chi connectivity index (χ4v) is 3.80. The van der Waals surface area contributed by atoms with Crippen LogP contribution in [-0.4, -0.2) is 10.2 Å². The molecule has 114 valence electrons. The summed E-state index contributed by atoms with van der Waals surface area (Å²) in [6.45, 7) is 8.36. The van der Waals surface area contributed by atoms with Crippen molar-refractivity contribution in [1.29, 1.82) is 5.26 Å². The minimum atomic E-state index is -0.221. The molecular formula is C16H18N4OS. The molecule has 5 nitrogen and oxygen atoms in total. The van der Waals surface area contributed by atoms with Gasteiger partial charge in [-0.05, 0) is 23.9 Å². The molecule has 0 fully saturated rings. The van der Waals surface area contributed by atoms with E-state index < -0.39 is 0 Å². The van der Waals surface area contributed by atoms with Crippen molar-refractivity contribution in [2.75, 3.05) is 0 Å². The van der Waals surface area contributed by atoms with Gasteiger partial charge < -0.3 is 10.5 Å². The number of aromatic amines is 1. The third kappa shape index (κ3) is 2.09. The molecule has 0 bridgehead atoms. The van der Waals surface area contributed by atoms with Crippen molar-refractivity contribution in [2.45, 2.75) is 39.0 Å². The number of thiophene rings is 1. The smallest absolute Gasteiger partial charge is 0.244 e.